The Morgan fingerprint density at radius 3 is 2.81 bits per heavy atom. The molecule has 1 aromatic rings. The summed E-state index contributed by atoms with van der Waals surface area (Å²) < 4.78 is 0. The van der Waals surface area contributed by atoms with Crippen molar-refractivity contribution in [3.05, 3.63) is 17.0 Å². The molecule has 16 heavy (non-hydrogen) atoms. The molecule has 2 rings (SSSR count). The van der Waals surface area contributed by atoms with E-state index >= 15 is 0 Å². The Morgan fingerprint density at radius 1 is 1.44 bits per heavy atom. The van der Waals surface area contributed by atoms with Crippen molar-refractivity contribution < 1.29 is 0 Å². The average Bonchev–Trinajstić information content (AvgIpc) is 2.99. The molecule has 88 valence electrons. The highest BCUT2D eigenvalue weighted by Gasteiger charge is 2.27. The fourth-order valence-electron chi connectivity index (χ4n) is 1.46. The van der Waals surface area contributed by atoms with Crippen molar-refractivity contribution in [1.29, 1.82) is 0 Å². The van der Waals surface area contributed by atoms with Gasteiger partial charge in [-0.2, -0.15) is 0 Å². The number of halogens is 1. The molecule has 0 amide bonds. The fraction of sp³-hybridized carbons (Fsp3) is 0.636. The van der Waals surface area contributed by atoms with E-state index in [0.29, 0.717) is 11.1 Å². The highest BCUT2D eigenvalue weighted by molar-refractivity contribution is 6.29. The molecule has 5 heteroatoms. The Kier molecular flexibility index (Phi) is 3.61. The van der Waals surface area contributed by atoms with Crippen molar-refractivity contribution in [2.45, 2.75) is 18.8 Å². The fourth-order valence-corrected chi connectivity index (χ4v) is 1.65. The monoisotopic (exact) mass is 240 g/mol. The summed E-state index contributed by atoms with van der Waals surface area (Å²) in [6.07, 6.45) is 2.38. The van der Waals surface area contributed by atoms with Gasteiger partial charge < -0.3 is 10.2 Å². The van der Waals surface area contributed by atoms with E-state index in [1.165, 1.54) is 12.8 Å². The van der Waals surface area contributed by atoms with Crippen molar-refractivity contribution in [2.24, 2.45) is 0 Å². The molecule has 1 aliphatic rings. The Bertz CT molecular complexity index is 363. The molecule has 1 N–H and O–H groups in total. The highest BCUT2D eigenvalue weighted by Crippen LogP contribution is 2.38. The Hall–Kier alpha value is -0.870. The van der Waals surface area contributed by atoms with E-state index < -0.39 is 0 Å². The lowest BCUT2D eigenvalue weighted by molar-refractivity contribution is 0.425. The molecule has 0 aliphatic heterocycles. The molecule has 1 aliphatic carbocycles. The predicted molar refractivity (Wildman–Crippen MR) is 66.1 cm³/mol. The quantitative estimate of drug-likeness (QED) is 0.800. The molecule has 1 fully saturated rings. The normalized spacial score (nSPS) is 15.5. The minimum atomic E-state index is 0.532. The zero-order valence-electron chi connectivity index (χ0n) is 9.70. The smallest absolute Gasteiger partial charge is 0.135 e. The van der Waals surface area contributed by atoms with Crippen molar-refractivity contribution in [3.8, 4) is 0 Å². The summed E-state index contributed by atoms with van der Waals surface area (Å²) in [5, 5.41) is 3.79. The van der Waals surface area contributed by atoms with E-state index in [2.05, 4.69) is 20.2 Å². The topological polar surface area (TPSA) is 41.0 Å². The molecule has 1 aromatic heterocycles. The van der Waals surface area contributed by atoms with Gasteiger partial charge in [-0.25, -0.2) is 9.97 Å². The average molecular weight is 241 g/mol. The zero-order valence-corrected chi connectivity index (χ0v) is 10.5. The van der Waals surface area contributed by atoms with Crippen LogP contribution in [0, 0.1) is 0 Å². The van der Waals surface area contributed by atoms with Crippen LogP contribution in [-0.2, 0) is 0 Å². The highest BCUT2D eigenvalue weighted by atomic mass is 35.5. The van der Waals surface area contributed by atoms with E-state index in [-0.39, 0.29) is 0 Å². The second-order valence-corrected chi connectivity index (χ2v) is 4.83. The standard InChI is InChI=1S/C11H17ClN4/c1-16(2)6-5-13-10-7-9(12)14-11(15-10)8-3-4-8/h7-8H,3-6H2,1-2H3,(H,13,14,15). The lowest BCUT2D eigenvalue weighted by Gasteiger charge is -2.11. The van der Waals surface area contributed by atoms with Crippen LogP contribution in [0.4, 0.5) is 5.82 Å². The number of likely N-dealkylation sites (N-methyl/N-ethyl adjacent to an activating group) is 1. The van der Waals surface area contributed by atoms with Gasteiger partial charge in [0.25, 0.3) is 0 Å². The molecule has 0 bridgehead atoms. The van der Waals surface area contributed by atoms with Crippen molar-refractivity contribution in [1.82, 2.24) is 14.9 Å². The lowest BCUT2D eigenvalue weighted by Crippen LogP contribution is -2.21. The van der Waals surface area contributed by atoms with Crippen LogP contribution in [0.2, 0.25) is 5.15 Å². The first-order chi connectivity index (χ1) is 7.65. The van der Waals surface area contributed by atoms with Gasteiger partial charge in [-0.15, -0.1) is 0 Å². The number of hydrogen-bond acceptors (Lipinski definition) is 4. The van der Waals surface area contributed by atoms with Gasteiger partial charge in [0, 0.05) is 25.1 Å². The third kappa shape index (κ3) is 3.32. The van der Waals surface area contributed by atoms with Crippen LogP contribution < -0.4 is 5.32 Å². The van der Waals surface area contributed by atoms with Gasteiger partial charge in [0.15, 0.2) is 0 Å². The Morgan fingerprint density at radius 2 is 2.19 bits per heavy atom. The summed E-state index contributed by atoms with van der Waals surface area (Å²) >= 11 is 5.96. The van der Waals surface area contributed by atoms with Gasteiger partial charge >= 0.3 is 0 Å². The van der Waals surface area contributed by atoms with Crippen molar-refractivity contribution in [3.63, 3.8) is 0 Å². The van der Waals surface area contributed by atoms with Crippen molar-refractivity contribution >= 4 is 17.4 Å². The molecule has 0 unspecified atom stereocenters. The zero-order chi connectivity index (χ0) is 11.5. The van der Waals surface area contributed by atoms with Gasteiger partial charge in [0.1, 0.15) is 16.8 Å². The lowest BCUT2D eigenvalue weighted by atomic mass is 10.4. The maximum atomic E-state index is 5.96. The molecule has 4 nitrogen and oxygen atoms in total. The summed E-state index contributed by atoms with van der Waals surface area (Å²) in [6.45, 7) is 1.84. The predicted octanol–water partition coefficient (Wildman–Crippen LogP) is 1.98. The maximum Gasteiger partial charge on any atom is 0.135 e. The van der Waals surface area contributed by atoms with Crippen molar-refractivity contribution in [2.75, 3.05) is 32.5 Å². The third-order valence-corrected chi connectivity index (χ3v) is 2.71. The summed E-state index contributed by atoms with van der Waals surface area (Å²) in [7, 11) is 4.09. The Labute approximate surface area is 101 Å². The van der Waals surface area contributed by atoms with Crippen LogP contribution in [0.15, 0.2) is 6.07 Å². The van der Waals surface area contributed by atoms with E-state index in [0.717, 1.165) is 24.7 Å². The first kappa shape index (κ1) is 11.6. The Balaban J connectivity index is 1.97. The van der Waals surface area contributed by atoms with Crippen LogP contribution in [0.5, 0.6) is 0 Å². The van der Waals surface area contributed by atoms with Crippen LogP contribution in [0.3, 0.4) is 0 Å². The minimum Gasteiger partial charge on any atom is -0.369 e. The molecule has 0 saturated heterocycles. The van der Waals surface area contributed by atoms with Gasteiger partial charge in [0.05, 0.1) is 0 Å². The molecule has 1 saturated carbocycles. The van der Waals surface area contributed by atoms with Crippen LogP contribution in [-0.4, -0.2) is 42.1 Å². The van der Waals surface area contributed by atoms with Gasteiger partial charge in [-0.1, -0.05) is 11.6 Å². The summed E-state index contributed by atoms with van der Waals surface area (Å²) in [6, 6.07) is 1.78. The number of nitrogens with one attached hydrogen (secondary N) is 1. The molecule has 1 heterocycles. The second kappa shape index (κ2) is 4.97. The van der Waals surface area contributed by atoms with Crippen LogP contribution in [0.1, 0.15) is 24.6 Å². The van der Waals surface area contributed by atoms with Gasteiger partial charge in [0.2, 0.25) is 0 Å². The first-order valence-electron chi connectivity index (χ1n) is 5.58. The summed E-state index contributed by atoms with van der Waals surface area (Å²) in [5.74, 6) is 2.26. The van der Waals surface area contributed by atoms with E-state index in [1.807, 2.05) is 14.1 Å². The first-order valence-corrected chi connectivity index (χ1v) is 5.96. The van der Waals surface area contributed by atoms with Gasteiger partial charge in [-0.3, -0.25) is 0 Å². The second-order valence-electron chi connectivity index (χ2n) is 4.44. The summed E-state index contributed by atoms with van der Waals surface area (Å²) in [4.78, 5) is 10.8. The molecular formula is C11H17ClN4. The molecule has 0 atom stereocenters. The van der Waals surface area contributed by atoms with Crippen LogP contribution >= 0.6 is 11.6 Å². The largest absolute Gasteiger partial charge is 0.369 e. The number of rotatable bonds is 5. The minimum absolute atomic E-state index is 0.532. The third-order valence-electron chi connectivity index (χ3n) is 2.52. The van der Waals surface area contributed by atoms with E-state index in [9.17, 15) is 0 Å². The molecular weight excluding hydrogens is 224 g/mol. The molecule has 0 aromatic carbocycles. The summed E-state index contributed by atoms with van der Waals surface area (Å²) in [5.41, 5.74) is 0. The maximum absolute atomic E-state index is 5.96. The van der Waals surface area contributed by atoms with Gasteiger partial charge in [-0.05, 0) is 26.9 Å². The molecule has 0 radical (unpaired) electrons. The number of hydrogen-bond donors (Lipinski definition) is 1. The molecule has 0 spiro atoms. The number of nitrogens with zero attached hydrogens (tertiary/aromatic N) is 3. The SMILES string of the molecule is CN(C)CCNc1cc(Cl)nc(C2CC2)n1. The number of anilines is 1. The van der Waals surface area contributed by atoms with E-state index in [4.69, 9.17) is 11.6 Å². The van der Waals surface area contributed by atoms with Crippen LogP contribution in [0.25, 0.3) is 0 Å². The number of aromatic nitrogens is 2. The van der Waals surface area contributed by atoms with E-state index in [1.54, 1.807) is 6.07 Å².